The number of anilines is 1. The molecule has 0 saturated carbocycles. The van der Waals surface area contributed by atoms with Crippen LogP contribution in [0.3, 0.4) is 0 Å². The number of aliphatic hydroxyl groups is 1. The molecular formula is C13H18FNO2. The summed E-state index contributed by atoms with van der Waals surface area (Å²) in [4.78, 5) is 2.14. The van der Waals surface area contributed by atoms with Crippen molar-refractivity contribution in [3.8, 4) is 0 Å². The first kappa shape index (κ1) is 12.3. The number of morpholine rings is 1. The first-order valence-electron chi connectivity index (χ1n) is 5.90. The molecule has 2 rings (SSSR count). The van der Waals surface area contributed by atoms with E-state index < -0.39 is 6.10 Å². The summed E-state index contributed by atoms with van der Waals surface area (Å²) < 4.78 is 18.8. The van der Waals surface area contributed by atoms with E-state index in [9.17, 15) is 9.50 Å². The normalized spacial score (nSPS) is 18.2. The smallest absolute Gasteiger partial charge is 0.126 e. The Labute approximate surface area is 101 Å². The highest BCUT2D eigenvalue weighted by Crippen LogP contribution is 2.29. The van der Waals surface area contributed by atoms with Crippen LogP contribution in [-0.2, 0) is 4.74 Å². The molecule has 1 aliphatic heterocycles. The zero-order chi connectivity index (χ0) is 12.4. The number of aliphatic hydroxyl groups excluding tert-OH is 1. The molecule has 0 spiro atoms. The zero-order valence-corrected chi connectivity index (χ0v) is 10.2. The second-order valence-corrected chi connectivity index (χ2v) is 4.44. The summed E-state index contributed by atoms with van der Waals surface area (Å²) >= 11 is 0. The van der Waals surface area contributed by atoms with Crippen LogP contribution in [0.15, 0.2) is 12.1 Å². The van der Waals surface area contributed by atoms with Gasteiger partial charge in [0.2, 0.25) is 0 Å². The molecule has 1 aromatic rings. The van der Waals surface area contributed by atoms with Crippen LogP contribution in [0.25, 0.3) is 0 Å². The van der Waals surface area contributed by atoms with Crippen LogP contribution in [0.2, 0.25) is 0 Å². The van der Waals surface area contributed by atoms with Crippen LogP contribution in [0.4, 0.5) is 10.1 Å². The molecule has 3 nitrogen and oxygen atoms in total. The van der Waals surface area contributed by atoms with E-state index in [0.717, 1.165) is 18.8 Å². The molecule has 1 aromatic carbocycles. The molecule has 94 valence electrons. The summed E-state index contributed by atoms with van der Waals surface area (Å²) in [5.74, 6) is -0.266. The maximum atomic E-state index is 13.5. The molecule has 17 heavy (non-hydrogen) atoms. The lowest BCUT2D eigenvalue weighted by Crippen LogP contribution is -2.37. The second-order valence-electron chi connectivity index (χ2n) is 4.44. The van der Waals surface area contributed by atoms with Crippen molar-refractivity contribution in [2.75, 3.05) is 31.2 Å². The summed E-state index contributed by atoms with van der Waals surface area (Å²) in [7, 11) is 0. The second kappa shape index (κ2) is 5.02. The number of aryl methyl sites for hydroxylation is 1. The molecule has 1 N–H and O–H groups in total. The summed E-state index contributed by atoms with van der Waals surface area (Å²) in [5, 5.41) is 9.73. The minimum atomic E-state index is -0.664. The van der Waals surface area contributed by atoms with Crippen LogP contribution < -0.4 is 4.90 Å². The predicted octanol–water partition coefficient (Wildman–Crippen LogP) is 2.02. The molecule has 0 bridgehead atoms. The van der Waals surface area contributed by atoms with Gasteiger partial charge in [-0.05, 0) is 31.5 Å². The van der Waals surface area contributed by atoms with E-state index in [4.69, 9.17) is 4.74 Å². The first-order valence-corrected chi connectivity index (χ1v) is 5.90. The zero-order valence-electron chi connectivity index (χ0n) is 10.2. The van der Waals surface area contributed by atoms with Gasteiger partial charge in [-0.3, -0.25) is 0 Å². The molecule has 1 fully saturated rings. The monoisotopic (exact) mass is 239 g/mol. The molecule has 1 saturated heterocycles. The summed E-state index contributed by atoms with van der Waals surface area (Å²) in [6.07, 6.45) is -0.664. The van der Waals surface area contributed by atoms with E-state index >= 15 is 0 Å². The molecule has 0 unspecified atom stereocenters. The van der Waals surface area contributed by atoms with E-state index in [1.807, 2.05) is 6.07 Å². The summed E-state index contributed by atoms with van der Waals surface area (Å²) in [6.45, 7) is 6.32. The molecule has 0 aromatic heterocycles. The minimum Gasteiger partial charge on any atom is -0.389 e. The van der Waals surface area contributed by atoms with E-state index in [1.54, 1.807) is 13.8 Å². The number of hydrogen-bond acceptors (Lipinski definition) is 3. The third-order valence-corrected chi connectivity index (χ3v) is 3.11. The lowest BCUT2D eigenvalue weighted by Gasteiger charge is -2.31. The Morgan fingerprint density at radius 1 is 1.35 bits per heavy atom. The fraction of sp³-hybridized carbons (Fsp3) is 0.538. The van der Waals surface area contributed by atoms with Crippen molar-refractivity contribution in [1.29, 1.82) is 0 Å². The Bertz CT molecular complexity index is 401. The molecule has 4 heteroatoms. The van der Waals surface area contributed by atoms with Gasteiger partial charge < -0.3 is 14.7 Å². The van der Waals surface area contributed by atoms with Crippen molar-refractivity contribution < 1.29 is 14.2 Å². The summed E-state index contributed by atoms with van der Waals surface area (Å²) in [5.41, 5.74) is 2.17. The van der Waals surface area contributed by atoms with Gasteiger partial charge >= 0.3 is 0 Å². The van der Waals surface area contributed by atoms with Gasteiger partial charge in [0.1, 0.15) is 5.82 Å². The Morgan fingerprint density at radius 2 is 2.00 bits per heavy atom. The number of halogens is 1. The fourth-order valence-electron chi connectivity index (χ4n) is 2.09. The van der Waals surface area contributed by atoms with Crippen LogP contribution in [0, 0.1) is 12.7 Å². The molecule has 0 aliphatic carbocycles. The summed E-state index contributed by atoms with van der Waals surface area (Å²) in [6, 6.07) is 3.24. The standard InChI is InChI=1S/C13H18FNO2/c1-9-7-13(15-3-5-17-6-4-15)11(10(2)16)8-12(9)14/h7-8,10,16H,3-6H2,1-2H3/t10-/m0/s1. The SMILES string of the molecule is Cc1cc(N2CCOCC2)c([C@H](C)O)cc1F. The van der Waals surface area contributed by atoms with Gasteiger partial charge in [-0.25, -0.2) is 4.39 Å². The number of nitrogens with zero attached hydrogens (tertiary/aromatic N) is 1. The Hall–Kier alpha value is -1.13. The van der Waals surface area contributed by atoms with Crippen LogP contribution in [0.1, 0.15) is 24.2 Å². The van der Waals surface area contributed by atoms with Crippen molar-refractivity contribution in [1.82, 2.24) is 0 Å². The highest BCUT2D eigenvalue weighted by atomic mass is 19.1. The maximum Gasteiger partial charge on any atom is 0.126 e. The highest BCUT2D eigenvalue weighted by molar-refractivity contribution is 5.57. The number of rotatable bonds is 2. The molecule has 0 amide bonds. The van der Waals surface area contributed by atoms with Gasteiger partial charge in [0, 0.05) is 24.3 Å². The van der Waals surface area contributed by atoms with E-state index in [2.05, 4.69) is 4.90 Å². The highest BCUT2D eigenvalue weighted by Gasteiger charge is 2.18. The number of ether oxygens (including phenoxy) is 1. The van der Waals surface area contributed by atoms with E-state index in [1.165, 1.54) is 6.07 Å². The van der Waals surface area contributed by atoms with Crippen LogP contribution >= 0.6 is 0 Å². The van der Waals surface area contributed by atoms with Gasteiger partial charge in [0.15, 0.2) is 0 Å². The third kappa shape index (κ3) is 2.58. The Morgan fingerprint density at radius 3 is 2.59 bits per heavy atom. The largest absolute Gasteiger partial charge is 0.389 e. The van der Waals surface area contributed by atoms with Gasteiger partial charge in [-0.1, -0.05) is 0 Å². The van der Waals surface area contributed by atoms with Crippen LogP contribution in [-0.4, -0.2) is 31.4 Å². The lowest BCUT2D eigenvalue weighted by molar-refractivity contribution is 0.122. The molecule has 0 radical (unpaired) electrons. The Balaban J connectivity index is 2.39. The van der Waals surface area contributed by atoms with Crippen molar-refractivity contribution in [3.63, 3.8) is 0 Å². The number of benzene rings is 1. The topological polar surface area (TPSA) is 32.7 Å². The quantitative estimate of drug-likeness (QED) is 0.857. The fourth-order valence-corrected chi connectivity index (χ4v) is 2.09. The minimum absolute atomic E-state index is 0.266. The average molecular weight is 239 g/mol. The third-order valence-electron chi connectivity index (χ3n) is 3.11. The van der Waals surface area contributed by atoms with E-state index in [0.29, 0.717) is 24.3 Å². The van der Waals surface area contributed by atoms with Gasteiger partial charge in [0.05, 0.1) is 19.3 Å². The molecular weight excluding hydrogens is 221 g/mol. The van der Waals surface area contributed by atoms with Gasteiger partial charge in [-0.15, -0.1) is 0 Å². The van der Waals surface area contributed by atoms with Gasteiger partial charge in [-0.2, -0.15) is 0 Å². The van der Waals surface area contributed by atoms with Crippen LogP contribution in [0.5, 0.6) is 0 Å². The van der Waals surface area contributed by atoms with Crippen molar-refractivity contribution >= 4 is 5.69 Å². The molecule has 1 atom stereocenters. The van der Waals surface area contributed by atoms with Crippen molar-refractivity contribution in [2.45, 2.75) is 20.0 Å². The lowest BCUT2D eigenvalue weighted by atomic mass is 10.0. The van der Waals surface area contributed by atoms with E-state index in [-0.39, 0.29) is 5.82 Å². The predicted molar refractivity (Wildman–Crippen MR) is 64.8 cm³/mol. The van der Waals surface area contributed by atoms with Gasteiger partial charge in [0.25, 0.3) is 0 Å². The maximum absolute atomic E-state index is 13.5. The molecule has 1 aliphatic rings. The average Bonchev–Trinajstić information content (AvgIpc) is 2.33. The molecule has 1 heterocycles. The van der Waals surface area contributed by atoms with Crippen molar-refractivity contribution in [3.05, 3.63) is 29.1 Å². The van der Waals surface area contributed by atoms with Crippen molar-refractivity contribution in [2.24, 2.45) is 0 Å². The number of hydrogen-bond donors (Lipinski definition) is 1. The first-order chi connectivity index (χ1) is 8.09. The Kier molecular flexibility index (Phi) is 3.64.